The first-order valence-electron chi connectivity index (χ1n) is 6.45. The van der Waals surface area contributed by atoms with Crippen LogP contribution in [0.25, 0.3) is 0 Å². The van der Waals surface area contributed by atoms with Gasteiger partial charge in [-0.05, 0) is 25.5 Å². The lowest BCUT2D eigenvalue weighted by Gasteiger charge is -2.17. The van der Waals surface area contributed by atoms with E-state index in [0.717, 1.165) is 12.0 Å². The second-order valence-electron chi connectivity index (χ2n) is 4.84. The van der Waals surface area contributed by atoms with Gasteiger partial charge < -0.3 is 10.4 Å². The first kappa shape index (κ1) is 14.5. The highest BCUT2D eigenvalue weighted by molar-refractivity contribution is 7.89. The Morgan fingerprint density at radius 2 is 2.05 bits per heavy atom. The molecule has 0 aromatic heterocycles. The van der Waals surface area contributed by atoms with Crippen molar-refractivity contribution < 1.29 is 13.5 Å². The molecule has 0 aliphatic carbocycles. The molecule has 19 heavy (non-hydrogen) atoms. The largest absolute Gasteiger partial charge is 0.395 e. The van der Waals surface area contributed by atoms with Crippen LogP contribution < -0.4 is 5.32 Å². The maximum atomic E-state index is 12.4. The van der Waals surface area contributed by atoms with Gasteiger partial charge in [-0.1, -0.05) is 17.7 Å². The van der Waals surface area contributed by atoms with Crippen molar-refractivity contribution in [3.63, 3.8) is 0 Å². The Labute approximate surface area is 114 Å². The van der Waals surface area contributed by atoms with E-state index in [1.165, 1.54) is 4.31 Å². The van der Waals surface area contributed by atoms with E-state index < -0.39 is 10.0 Å². The maximum absolute atomic E-state index is 12.4. The third-order valence-electron chi connectivity index (χ3n) is 3.35. The summed E-state index contributed by atoms with van der Waals surface area (Å²) in [6, 6.07) is 7.06. The summed E-state index contributed by atoms with van der Waals surface area (Å²) in [4.78, 5) is 0.348. The first-order valence-corrected chi connectivity index (χ1v) is 7.89. The third-order valence-corrected chi connectivity index (χ3v) is 5.23. The summed E-state index contributed by atoms with van der Waals surface area (Å²) in [5.74, 6) is 0. The van der Waals surface area contributed by atoms with Gasteiger partial charge >= 0.3 is 0 Å². The molecular weight excluding hydrogens is 264 g/mol. The summed E-state index contributed by atoms with van der Waals surface area (Å²) < 4.78 is 26.3. The van der Waals surface area contributed by atoms with Gasteiger partial charge in [0.2, 0.25) is 10.0 Å². The van der Waals surface area contributed by atoms with Crippen molar-refractivity contribution in [2.24, 2.45) is 0 Å². The summed E-state index contributed by atoms with van der Waals surface area (Å²) in [6.45, 7) is 3.50. The molecule has 1 heterocycles. The Morgan fingerprint density at radius 1 is 1.37 bits per heavy atom. The zero-order valence-corrected chi connectivity index (χ0v) is 11.9. The molecule has 1 atom stereocenters. The summed E-state index contributed by atoms with van der Waals surface area (Å²) in [6.07, 6.45) is 0.783. The molecule has 1 aliphatic heterocycles. The van der Waals surface area contributed by atoms with Gasteiger partial charge in [-0.25, -0.2) is 8.42 Å². The van der Waals surface area contributed by atoms with Gasteiger partial charge in [-0.15, -0.1) is 0 Å². The molecule has 1 saturated heterocycles. The molecule has 1 aromatic carbocycles. The summed E-state index contributed by atoms with van der Waals surface area (Å²) in [7, 11) is -3.38. The van der Waals surface area contributed by atoms with E-state index in [2.05, 4.69) is 5.32 Å². The van der Waals surface area contributed by atoms with E-state index in [1.54, 1.807) is 12.1 Å². The summed E-state index contributed by atoms with van der Waals surface area (Å²) in [5, 5.41) is 11.9. The Balaban J connectivity index is 2.07. The van der Waals surface area contributed by atoms with Gasteiger partial charge in [0.05, 0.1) is 11.5 Å². The molecule has 2 rings (SSSR count). The zero-order valence-electron chi connectivity index (χ0n) is 11.0. The van der Waals surface area contributed by atoms with E-state index in [-0.39, 0.29) is 12.6 Å². The SMILES string of the molecule is Cc1ccc(S(=O)(=O)N2CC[C@@H](NCCO)C2)cc1. The average Bonchev–Trinajstić information content (AvgIpc) is 2.86. The lowest BCUT2D eigenvalue weighted by Crippen LogP contribution is -2.36. The van der Waals surface area contributed by atoms with Crippen molar-refractivity contribution in [2.45, 2.75) is 24.3 Å². The number of rotatable bonds is 5. The van der Waals surface area contributed by atoms with E-state index in [4.69, 9.17) is 5.11 Å². The molecule has 1 aliphatic rings. The fraction of sp³-hybridized carbons (Fsp3) is 0.538. The molecule has 0 bridgehead atoms. The third kappa shape index (κ3) is 3.33. The highest BCUT2D eigenvalue weighted by Crippen LogP contribution is 2.21. The van der Waals surface area contributed by atoms with E-state index in [9.17, 15) is 8.42 Å². The van der Waals surface area contributed by atoms with Crippen LogP contribution in [0, 0.1) is 6.92 Å². The smallest absolute Gasteiger partial charge is 0.243 e. The number of sulfonamides is 1. The van der Waals surface area contributed by atoms with Crippen molar-refractivity contribution in [3.8, 4) is 0 Å². The number of aryl methyl sites for hydroxylation is 1. The monoisotopic (exact) mass is 284 g/mol. The van der Waals surface area contributed by atoms with E-state index >= 15 is 0 Å². The Morgan fingerprint density at radius 3 is 2.68 bits per heavy atom. The van der Waals surface area contributed by atoms with Crippen LogP contribution in [0.5, 0.6) is 0 Å². The Hall–Kier alpha value is -0.950. The predicted octanol–water partition coefficient (Wildman–Crippen LogP) is 0.340. The van der Waals surface area contributed by atoms with Gasteiger partial charge in [-0.3, -0.25) is 0 Å². The highest BCUT2D eigenvalue weighted by atomic mass is 32.2. The van der Waals surface area contributed by atoms with Gasteiger partial charge in [0.15, 0.2) is 0 Å². The van der Waals surface area contributed by atoms with Crippen LogP contribution in [0.2, 0.25) is 0 Å². The van der Waals surface area contributed by atoms with Gasteiger partial charge in [0, 0.05) is 25.7 Å². The molecular formula is C13H20N2O3S. The number of nitrogens with zero attached hydrogens (tertiary/aromatic N) is 1. The van der Waals surface area contributed by atoms with Crippen LogP contribution in [0.1, 0.15) is 12.0 Å². The van der Waals surface area contributed by atoms with Crippen molar-refractivity contribution >= 4 is 10.0 Å². The molecule has 0 saturated carbocycles. The number of aliphatic hydroxyl groups is 1. The standard InChI is InChI=1S/C13H20N2O3S/c1-11-2-4-13(5-3-11)19(17,18)15-8-6-12(10-15)14-7-9-16/h2-5,12,14,16H,6-10H2,1H3/t12-/m1/s1. The molecule has 2 N–H and O–H groups in total. The number of hydrogen-bond acceptors (Lipinski definition) is 4. The van der Waals surface area contributed by atoms with Crippen LogP contribution in [0.4, 0.5) is 0 Å². The minimum Gasteiger partial charge on any atom is -0.395 e. The van der Waals surface area contributed by atoms with Gasteiger partial charge in [0.25, 0.3) is 0 Å². The molecule has 0 spiro atoms. The van der Waals surface area contributed by atoms with Crippen LogP contribution in [0.3, 0.4) is 0 Å². The van der Waals surface area contributed by atoms with E-state index in [0.29, 0.717) is 24.5 Å². The van der Waals surface area contributed by atoms with Crippen molar-refractivity contribution in [1.29, 1.82) is 0 Å². The van der Waals surface area contributed by atoms with Crippen LogP contribution >= 0.6 is 0 Å². The zero-order chi connectivity index (χ0) is 13.9. The number of hydrogen-bond donors (Lipinski definition) is 2. The molecule has 0 radical (unpaired) electrons. The molecule has 0 amide bonds. The summed E-state index contributed by atoms with van der Waals surface area (Å²) in [5.41, 5.74) is 1.04. The van der Waals surface area contributed by atoms with Crippen molar-refractivity contribution in [2.75, 3.05) is 26.2 Å². The lowest BCUT2D eigenvalue weighted by atomic mass is 10.2. The lowest BCUT2D eigenvalue weighted by molar-refractivity contribution is 0.285. The van der Waals surface area contributed by atoms with Gasteiger partial charge in [-0.2, -0.15) is 4.31 Å². The molecule has 6 heteroatoms. The fourth-order valence-electron chi connectivity index (χ4n) is 2.24. The minimum absolute atomic E-state index is 0.0706. The number of aliphatic hydroxyl groups excluding tert-OH is 1. The quantitative estimate of drug-likeness (QED) is 0.818. The van der Waals surface area contributed by atoms with Crippen LogP contribution in [0.15, 0.2) is 29.2 Å². The minimum atomic E-state index is -3.38. The molecule has 106 valence electrons. The summed E-state index contributed by atoms with van der Waals surface area (Å²) >= 11 is 0. The molecule has 0 unspecified atom stereocenters. The Kier molecular flexibility index (Phi) is 4.57. The second-order valence-corrected chi connectivity index (χ2v) is 6.78. The molecule has 1 fully saturated rings. The van der Waals surface area contributed by atoms with Crippen LogP contribution in [-0.2, 0) is 10.0 Å². The second kappa shape index (κ2) is 6.00. The average molecular weight is 284 g/mol. The molecule has 5 nitrogen and oxygen atoms in total. The highest BCUT2D eigenvalue weighted by Gasteiger charge is 2.31. The topological polar surface area (TPSA) is 69.6 Å². The normalized spacial score (nSPS) is 20.8. The number of benzene rings is 1. The predicted molar refractivity (Wildman–Crippen MR) is 73.4 cm³/mol. The first-order chi connectivity index (χ1) is 9.04. The Bertz CT molecular complexity index is 513. The van der Waals surface area contributed by atoms with E-state index in [1.807, 2.05) is 19.1 Å². The van der Waals surface area contributed by atoms with Crippen molar-refractivity contribution in [3.05, 3.63) is 29.8 Å². The van der Waals surface area contributed by atoms with Crippen LogP contribution in [-0.4, -0.2) is 50.1 Å². The fourth-order valence-corrected chi connectivity index (χ4v) is 3.74. The van der Waals surface area contributed by atoms with Gasteiger partial charge in [0.1, 0.15) is 0 Å². The maximum Gasteiger partial charge on any atom is 0.243 e. The number of nitrogens with one attached hydrogen (secondary N) is 1. The van der Waals surface area contributed by atoms with Crippen molar-refractivity contribution in [1.82, 2.24) is 9.62 Å². The molecule has 1 aromatic rings.